The Labute approximate surface area is 193 Å². The monoisotopic (exact) mass is 464 g/mol. The van der Waals surface area contributed by atoms with E-state index in [2.05, 4.69) is 22.4 Å². The van der Waals surface area contributed by atoms with Crippen LogP contribution in [0.5, 0.6) is 0 Å². The third-order valence-corrected chi connectivity index (χ3v) is 5.96. The van der Waals surface area contributed by atoms with Crippen molar-refractivity contribution in [1.29, 1.82) is 0 Å². The van der Waals surface area contributed by atoms with Gasteiger partial charge in [-0.2, -0.15) is 0 Å². The minimum absolute atomic E-state index is 0. The Kier molecular flexibility index (Phi) is 9.11. The lowest BCUT2D eigenvalue weighted by atomic mass is 10.1. The van der Waals surface area contributed by atoms with Crippen LogP contribution in [0.3, 0.4) is 0 Å². The summed E-state index contributed by atoms with van der Waals surface area (Å²) in [5.74, 6) is 0.185. The van der Waals surface area contributed by atoms with Gasteiger partial charge in [0.15, 0.2) is 0 Å². The average molecular weight is 465 g/mol. The molecule has 0 spiro atoms. The van der Waals surface area contributed by atoms with E-state index in [1.54, 1.807) is 11.3 Å². The van der Waals surface area contributed by atoms with Gasteiger partial charge >= 0.3 is 0 Å². The van der Waals surface area contributed by atoms with Crippen molar-refractivity contribution in [3.05, 3.63) is 71.2 Å². The Hall–Kier alpha value is -2.12. The Morgan fingerprint density at radius 3 is 2.30 bits per heavy atom. The smallest absolute Gasteiger partial charge is 0.227 e. The van der Waals surface area contributed by atoms with Gasteiger partial charge in [0.05, 0.1) is 12.1 Å². The number of rotatable bonds is 5. The molecule has 1 fully saturated rings. The SMILES string of the molecule is Cl.Cl.Nc1ccc(CC(=O)N2CCN(Cc3csc(-c4ccccc4)n3)CC2)cc1. The molecule has 1 amide bonds. The highest BCUT2D eigenvalue weighted by Gasteiger charge is 2.21. The number of anilines is 1. The topological polar surface area (TPSA) is 62.5 Å². The number of benzene rings is 2. The van der Waals surface area contributed by atoms with Crippen molar-refractivity contribution in [2.45, 2.75) is 13.0 Å². The molecule has 0 radical (unpaired) electrons. The van der Waals surface area contributed by atoms with Crippen LogP contribution in [-0.4, -0.2) is 46.9 Å². The number of nitrogen functional groups attached to an aromatic ring is 1. The molecule has 3 aromatic rings. The van der Waals surface area contributed by atoms with Gasteiger partial charge in [-0.05, 0) is 17.7 Å². The molecule has 1 aliphatic heterocycles. The molecule has 160 valence electrons. The Bertz CT molecular complexity index is 926. The molecule has 0 unspecified atom stereocenters. The van der Waals surface area contributed by atoms with Gasteiger partial charge in [-0.15, -0.1) is 36.2 Å². The summed E-state index contributed by atoms with van der Waals surface area (Å²) in [6.07, 6.45) is 0.437. The second-order valence-corrected chi connectivity index (χ2v) is 7.94. The number of amides is 1. The Balaban J connectivity index is 0.00000160. The first-order valence-corrected chi connectivity index (χ1v) is 10.4. The molecule has 0 aliphatic carbocycles. The number of hydrogen-bond acceptors (Lipinski definition) is 5. The van der Waals surface area contributed by atoms with Crippen molar-refractivity contribution < 1.29 is 4.79 Å². The second-order valence-electron chi connectivity index (χ2n) is 7.09. The molecule has 1 aliphatic rings. The molecule has 5 nitrogen and oxygen atoms in total. The van der Waals surface area contributed by atoms with Gasteiger partial charge in [0.25, 0.3) is 0 Å². The van der Waals surface area contributed by atoms with Gasteiger partial charge in [0.1, 0.15) is 5.01 Å². The Morgan fingerprint density at radius 2 is 1.63 bits per heavy atom. The van der Waals surface area contributed by atoms with Crippen molar-refractivity contribution in [2.24, 2.45) is 0 Å². The van der Waals surface area contributed by atoms with E-state index in [1.807, 2.05) is 47.4 Å². The first-order valence-electron chi connectivity index (χ1n) is 9.52. The van der Waals surface area contributed by atoms with E-state index in [0.29, 0.717) is 6.42 Å². The predicted octanol–water partition coefficient (Wildman–Crippen LogP) is 4.12. The van der Waals surface area contributed by atoms with E-state index >= 15 is 0 Å². The average Bonchev–Trinajstić information content (AvgIpc) is 3.19. The highest BCUT2D eigenvalue weighted by atomic mass is 35.5. The zero-order valence-electron chi connectivity index (χ0n) is 16.6. The molecule has 1 saturated heterocycles. The lowest BCUT2D eigenvalue weighted by Crippen LogP contribution is -2.48. The van der Waals surface area contributed by atoms with Crippen LogP contribution < -0.4 is 5.73 Å². The molecule has 2 aromatic carbocycles. The van der Waals surface area contributed by atoms with E-state index in [9.17, 15) is 4.79 Å². The fourth-order valence-corrected chi connectivity index (χ4v) is 4.22. The van der Waals surface area contributed by atoms with Crippen molar-refractivity contribution in [3.63, 3.8) is 0 Å². The maximum absolute atomic E-state index is 12.5. The van der Waals surface area contributed by atoms with Gasteiger partial charge < -0.3 is 10.6 Å². The summed E-state index contributed by atoms with van der Waals surface area (Å²) in [6, 6.07) is 17.8. The van der Waals surface area contributed by atoms with Crippen molar-refractivity contribution in [1.82, 2.24) is 14.8 Å². The zero-order chi connectivity index (χ0) is 19.3. The summed E-state index contributed by atoms with van der Waals surface area (Å²) in [6.45, 7) is 4.13. The third kappa shape index (κ3) is 6.19. The van der Waals surface area contributed by atoms with Crippen LogP contribution in [0.2, 0.25) is 0 Å². The molecule has 0 saturated carbocycles. The van der Waals surface area contributed by atoms with E-state index in [-0.39, 0.29) is 30.7 Å². The molecular formula is C22H26Cl2N4OS. The summed E-state index contributed by atoms with van der Waals surface area (Å²) in [5, 5.41) is 3.20. The van der Waals surface area contributed by atoms with Gasteiger partial charge in [-0.3, -0.25) is 9.69 Å². The highest BCUT2D eigenvalue weighted by molar-refractivity contribution is 7.13. The van der Waals surface area contributed by atoms with Crippen LogP contribution in [0.4, 0.5) is 5.69 Å². The molecule has 0 bridgehead atoms. The van der Waals surface area contributed by atoms with Gasteiger partial charge in [-0.25, -0.2) is 4.98 Å². The fraction of sp³-hybridized carbons (Fsp3) is 0.273. The van der Waals surface area contributed by atoms with Crippen molar-refractivity contribution >= 4 is 47.7 Å². The normalized spacial score (nSPS) is 13.9. The van der Waals surface area contributed by atoms with Crippen molar-refractivity contribution in [2.75, 3.05) is 31.9 Å². The Morgan fingerprint density at radius 1 is 0.967 bits per heavy atom. The third-order valence-electron chi connectivity index (χ3n) is 5.02. The van der Waals surface area contributed by atoms with Crippen LogP contribution in [0.1, 0.15) is 11.3 Å². The minimum Gasteiger partial charge on any atom is -0.399 e. The molecule has 30 heavy (non-hydrogen) atoms. The zero-order valence-corrected chi connectivity index (χ0v) is 19.0. The summed E-state index contributed by atoms with van der Waals surface area (Å²) in [5.41, 5.74) is 9.71. The largest absolute Gasteiger partial charge is 0.399 e. The predicted molar refractivity (Wildman–Crippen MR) is 128 cm³/mol. The number of piperazine rings is 1. The van der Waals surface area contributed by atoms with Crippen LogP contribution in [-0.2, 0) is 17.8 Å². The maximum atomic E-state index is 12.5. The van der Waals surface area contributed by atoms with E-state index in [1.165, 1.54) is 0 Å². The number of nitrogens with zero attached hydrogens (tertiary/aromatic N) is 3. The first kappa shape index (κ1) is 24.2. The number of aromatic nitrogens is 1. The molecule has 1 aromatic heterocycles. The maximum Gasteiger partial charge on any atom is 0.227 e. The second kappa shape index (κ2) is 11.3. The van der Waals surface area contributed by atoms with Gasteiger partial charge in [-0.1, -0.05) is 42.5 Å². The van der Waals surface area contributed by atoms with E-state index in [0.717, 1.165) is 60.2 Å². The molecular weight excluding hydrogens is 439 g/mol. The molecule has 0 atom stereocenters. The molecule has 8 heteroatoms. The highest BCUT2D eigenvalue weighted by Crippen LogP contribution is 2.24. The van der Waals surface area contributed by atoms with Crippen LogP contribution in [0, 0.1) is 0 Å². The number of carbonyl (C=O) groups excluding carboxylic acids is 1. The number of hydrogen-bond donors (Lipinski definition) is 1. The van der Waals surface area contributed by atoms with Crippen molar-refractivity contribution in [3.8, 4) is 10.6 Å². The summed E-state index contributed by atoms with van der Waals surface area (Å²) < 4.78 is 0. The summed E-state index contributed by atoms with van der Waals surface area (Å²) in [7, 11) is 0. The fourth-order valence-electron chi connectivity index (χ4n) is 3.40. The molecule has 2 N–H and O–H groups in total. The number of carbonyl (C=O) groups is 1. The van der Waals surface area contributed by atoms with E-state index < -0.39 is 0 Å². The summed E-state index contributed by atoms with van der Waals surface area (Å²) in [4.78, 5) is 21.7. The number of nitrogens with two attached hydrogens (primary N) is 1. The first-order chi connectivity index (χ1) is 13.7. The van der Waals surface area contributed by atoms with Gasteiger partial charge in [0, 0.05) is 49.4 Å². The lowest BCUT2D eigenvalue weighted by molar-refractivity contribution is -0.132. The number of thiazole rings is 1. The van der Waals surface area contributed by atoms with Crippen LogP contribution >= 0.6 is 36.2 Å². The van der Waals surface area contributed by atoms with Gasteiger partial charge in [0.2, 0.25) is 5.91 Å². The molecule has 4 rings (SSSR count). The molecule has 2 heterocycles. The lowest BCUT2D eigenvalue weighted by Gasteiger charge is -2.34. The minimum atomic E-state index is 0. The van der Waals surface area contributed by atoms with Crippen LogP contribution in [0.25, 0.3) is 10.6 Å². The number of halogens is 2. The van der Waals surface area contributed by atoms with Crippen LogP contribution in [0.15, 0.2) is 60.0 Å². The standard InChI is InChI=1S/C22H24N4OS.2ClH/c23-19-8-6-17(7-9-19)14-21(27)26-12-10-25(11-13-26)15-20-16-28-22(24-20)18-4-2-1-3-5-18;;/h1-9,16H,10-15,23H2;2*1H. The van der Waals surface area contributed by atoms with E-state index in [4.69, 9.17) is 10.7 Å². The quantitative estimate of drug-likeness (QED) is 0.576. The summed E-state index contributed by atoms with van der Waals surface area (Å²) >= 11 is 1.69.